The molecule has 8 heteroatoms. The number of nitrogens with zero attached hydrogens (tertiary/aromatic N) is 3. The molecule has 34 heavy (non-hydrogen) atoms. The number of carbonyl (C=O) groups excluding carboxylic acids is 1. The fraction of sp³-hybridized carbons (Fsp3) is 0.231. The first-order valence-electron chi connectivity index (χ1n) is 11.1. The molecule has 1 unspecified atom stereocenters. The zero-order valence-corrected chi connectivity index (χ0v) is 19.7. The standard InChI is InChI=1S/C26H26N4O3S/c1-20-7-11-23(12-8-20)28-26(31)25(22-5-3-2-4-6-22)29-15-17-30(18-16-29)34(32,33)24-13-9-21(19-27)10-14-24/h2-14,25H,15-18H2,1H3,(H,28,31). The highest BCUT2D eigenvalue weighted by Crippen LogP contribution is 2.26. The first kappa shape index (κ1) is 23.6. The highest BCUT2D eigenvalue weighted by Gasteiger charge is 2.34. The summed E-state index contributed by atoms with van der Waals surface area (Å²) in [6.07, 6.45) is 0. The zero-order valence-electron chi connectivity index (χ0n) is 18.9. The molecule has 174 valence electrons. The van der Waals surface area contributed by atoms with Crippen LogP contribution in [0.25, 0.3) is 0 Å². The Bertz CT molecular complexity index is 1280. The molecule has 1 amide bonds. The summed E-state index contributed by atoms with van der Waals surface area (Å²) < 4.78 is 27.6. The summed E-state index contributed by atoms with van der Waals surface area (Å²) in [7, 11) is -3.68. The number of piperazine rings is 1. The van der Waals surface area contributed by atoms with Crippen LogP contribution in [0.15, 0.2) is 83.8 Å². The molecule has 1 aliphatic heterocycles. The molecule has 1 heterocycles. The van der Waals surface area contributed by atoms with Gasteiger partial charge < -0.3 is 5.32 Å². The van der Waals surface area contributed by atoms with E-state index in [9.17, 15) is 13.2 Å². The van der Waals surface area contributed by atoms with Crippen LogP contribution in [0.5, 0.6) is 0 Å². The highest BCUT2D eigenvalue weighted by atomic mass is 32.2. The summed E-state index contributed by atoms with van der Waals surface area (Å²) in [4.78, 5) is 15.5. The molecule has 1 saturated heterocycles. The Morgan fingerprint density at radius 1 is 0.912 bits per heavy atom. The van der Waals surface area contributed by atoms with Crippen LogP contribution in [0, 0.1) is 18.3 Å². The van der Waals surface area contributed by atoms with E-state index in [1.807, 2.05) is 72.5 Å². The second kappa shape index (κ2) is 10.2. The first-order chi connectivity index (χ1) is 16.4. The molecule has 3 aromatic rings. The van der Waals surface area contributed by atoms with Gasteiger partial charge in [0.05, 0.1) is 16.5 Å². The monoisotopic (exact) mass is 474 g/mol. The molecule has 7 nitrogen and oxygen atoms in total. The third-order valence-electron chi connectivity index (χ3n) is 5.94. The average Bonchev–Trinajstić information content (AvgIpc) is 2.86. The van der Waals surface area contributed by atoms with E-state index in [1.54, 1.807) is 0 Å². The Balaban J connectivity index is 1.51. The van der Waals surface area contributed by atoms with E-state index >= 15 is 0 Å². The SMILES string of the molecule is Cc1ccc(NC(=O)C(c2ccccc2)N2CCN(S(=O)(=O)c3ccc(C#N)cc3)CC2)cc1. The van der Waals surface area contributed by atoms with Crippen LogP contribution in [0.3, 0.4) is 0 Å². The van der Waals surface area contributed by atoms with Crippen LogP contribution in [-0.2, 0) is 14.8 Å². The number of anilines is 1. The van der Waals surface area contributed by atoms with Gasteiger partial charge in [0.25, 0.3) is 0 Å². The minimum absolute atomic E-state index is 0.154. The van der Waals surface area contributed by atoms with E-state index in [1.165, 1.54) is 28.6 Å². The quantitative estimate of drug-likeness (QED) is 0.590. The topological polar surface area (TPSA) is 93.5 Å². The first-order valence-corrected chi connectivity index (χ1v) is 12.5. The van der Waals surface area contributed by atoms with E-state index in [0.717, 1.165) is 16.8 Å². The average molecular weight is 475 g/mol. The molecule has 0 bridgehead atoms. The number of amides is 1. The van der Waals surface area contributed by atoms with Crippen molar-refractivity contribution in [2.24, 2.45) is 0 Å². The number of aryl methyl sites for hydroxylation is 1. The van der Waals surface area contributed by atoms with Crippen molar-refractivity contribution in [3.8, 4) is 6.07 Å². The predicted octanol–water partition coefficient (Wildman–Crippen LogP) is 3.55. The minimum Gasteiger partial charge on any atom is -0.324 e. The van der Waals surface area contributed by atoms with Gasteiger partial charge in [-0.25, -0.2) is 8.42 Å². The number of nitriles is 1. The Hall–Kier alpha value is -3.51. The number of rotatable bonds is 6. The lowest BCUT2D eigenvalue weighted by molar-refractivity contribution is -0.122. The number of carbonyl (C=O) groups is 1. The Morgan fingerprint density at radius 2 is 1.53 bits per heavy atom. The van der Waals surface area contributed by atoms with Gasteiger partial charge in [-0.2, -0.15) is 9.57 Å². The second-order valence-electron chi connectivity index (χ2n) is 8.24. The number of hydrogen-bond donors (Lipinski definition) is 1. The van der Waals surface area contributed by atoms with E-state index in [2.05, 4.69) is 5.32 Å². The molecule has 1 aliphatic rings. The van der Waals surface area contributed by atoms with Crippen LogP contribution in [-0.4, -0.2) is 49.7 Å². The van der Waals surface area contributed by atoms with Gasteiger partial charge in [0.2, 0.25) is 15.9 Å². The van der Waals surface area contributed by atoms with Crippen molar-refractivity contribution in [1.82, 2.24) is 9.21 Å². The molecule has 1 atom stereocenters. The van der Waals surface area contributed by atoms with Crippen LogP contribution >= 0.6 is 0 Å². The maximum absolute atomic E-state index is 13.3. The van der Waals surface area contributed by atoms with Gasteiger partial charge in [-0.05, 0) is 48.9 Å². The van der Waals surface area contributed by atoms with Gasteiger partial charge in [-0.1, -0.05) is 48.0 Å². The Labute approximate surface area is 200 Å². The zero-order chi connectivity index (χ0) is 24.1. The maximum atomic E-state index is 13.3. The lowest BCUT2D eigenvalue weighted by Crippen LogP contribution is -2.51. The minimum atomic E-state index is -3.68. The lowest BCUT2D eigenvalue weighted by Gasteiger charge is -2.38. The summed E-state index contributed by atoms with van der Waals surface area (Å²) in [6, 6.07) is 24.5. The van der Waals surface area contributed by atoms with Gasteiger partial charge in [0.15, 0.2) is 0 Å². The van der Waals surface area contributed by atoms with Gasteiger partial charge >= 0.3 is 0 Å². The molecule has 0 aromatic heterocycles. The van der Waals surface area contributed by atoms with E-state index in [0.29, 0.717) is 18.7 Å². The molecule has 1 N–H and O–H groups in total. The fourth-order valence-electron chi connectivity index (χ4n) is 4.06. The van der Waals surface area contributed by atoms with Gasteiger partial charge in [-0.15, -0.1) is 0 Å². The third-order valence-corrected chi connectivity index (χ3v) is 7.86. The van der Waals surface area contributed by atoms with E-state index < -0.39 is 16.1 Å². The van der Waals surface area contributed by atoms with Gasteiger partial charge in [-0.3, -0.25) is 9.69 Å². The van der Waals surface area contributed by atoms with E-state index in [4.69, 9.17) is 5.26 Å². The summed E-state index contributed by atoms with van der Waals surface area (Å²) in [5.74, 6) is -0.154. The summed E-state index contributed by atoms with van der Waals surface area (Å²) >= 11 is 0. The van der Waals surface area contributed by atoms with Crippen molar-refractivity contribution < 1.29 is 13.2 Å². The molecule has 0 aliphatic carbocycles. The summed E-state index contributed by atoms with van der Waals surface area (Å²) in [5.41, 5.74) is 3.10. The van der Waals surface area contributed by atoms with Crippen molar-refractivity contribution in [3.63, 3.8) is 0 Å². The molecular formula is C26H26N4O3S. The molecular weight excluding hydrogens is 448 g/mol. The fourth-order valence-corrected chi connectivity index (χ4v) is 5.49. The molecule has 1 fully saturated rings. The van der Waals surface area contributed by atoms with Crippen LogP contribution in [0.4, 0.5) is 5.69 Å². The number of nitrogens with one attached hydrogen (secondary N) is 1. The molecule has 0 radical (unpaired) electrons. The second-order valence-corrected chi connectivity index (χ2v) is 10.2. The van der Waals surface area contributed by atoms with Crippen LogP contribution in [0.2, 0.25) is 0 Å². The lowest BCUT2D eigenvalue weighted by atomic mass is 10.0. The third kappa shape index (κ3) is 5.18. The van der Waals surface area contributed by atoms with Crippen molar-refractivity contribution in [1.29, 1.82) is 5.26 Å². The van der Waals surface area contributed by atoms with E-state index in [-0.39, 0.29) is 23.9 Å². The summed E-state index contributed by atoms with van der Waals surface area (Å²) in [6.45, 7) is 3.35. The number of hydrogen-bond acceptors (Lipinski definition) is 5. The molecule has 3 aromatic carbocycles. The molecule has 0 spiro atoms. The van der Waals surface area contributed by atoms with Gasteiger partial charge in [0, 0.05) is 31.9 Å². The van der Waals surface area contributed by atoms with Crippen molar-refractivity contribution >= 4 is 21.6 Å². The molecule has 4 rings (SSSR count). The highest BCUT2D eigenvalue weighted by molar-refractivity contribution is 7.89. The van der Waals surface area contributed by atoms with Crippen molar-refractivity contribution in [2.75, 3.05) is 31.5 Å². The smallest absolute Gasteiger partial charge is 0.246 e. The van der Waals surface area contributed by atoms with Gasteiger partial charge in [0.1, 0.15) is 6.04 Å². The normalized spacial score (nSPS) is 15.9. The Morgan fingerprint density at radius 3 is 2.12 bits per heavy atom. The van der Waals surface area contributed by atoms with Crippen molar-refractivity contribution in [2.45, 2.75) is 17.9 Å². The predicted molar refractivity (Wildman–Crippen MR) is 130 cm³/mol. The Kier molecular flexibility index (Phi) is 7.08. The number of benzene rings is 3. The van der Waals surface area contributed by atoms with Crippen LogP contribution in [0.1, 0.15) is 22.7 Å². The molecule has 0 saturated carbocycles. The van der Waals surface area contributed by atoms with Crippen molar-refractivity contribution in [3.05, 3.63) is 95.6 Å². The maximum Gasteiger partial charge on any atom is 0.246 e. The summed E-state index contributed by atoms with van der Waals surface area (Å²) in [5, 5.41) is 12.0. The van der Waals surface area contributed by atoms with Crippen LogP contribution < -0.4 is 5.32 Å². The largest absolute Gasteiger partial charge is 0.324 e. The number of sulfonamides is 1.